The molecule has 0 atom stereocenters. The average Bonchev–Trinajstić information content (AvgIpc) is 2.54. The molecule has 0 unspecified atom stereocenters. The third-order valence-corrected chi connectivity index (χ3v) is 5.35. The molecule has 2 rings (SSSR count). The molecule has 1 aliphatic rings. The van der Waals surface area contributed by atoms with Crippen LogP contribution in [0.25, 0.3) is 5.70 Å². The van der Waals surface area contributed by atoms with E-state index in [0.29, 0.717) is 0 Å². The molecule has 0 bridgehead atoms. The first-order chi connectivity index (χ1) is 10.6. The number of rotatable bonds is 5. The fourth-order valence-corrected chi connectivity index (χ4v) is 3.64. The predicted octanol–water partition coefficient (Wildman–Crippen LogP) is 5.17. The van der Waals surface area contributed by atoms with Gasteiger partial charge in [0.15, 0.2) is 0 Å². The number of nitrogens with zero attached hydrogens (tertiary/aromatic N) is 1. The number of halogens is 1. The monoisotopic (exact) mass is 362 g/mol. The van der Waals surface area contributed by atoms with Crippen LogP contribution in [0.4, 0.5) is 0 Å². The Hall–Kier alpha value is -1.09. The minimum Gasteiger partial charge on any atom is -0.397 e. The van der Waals surface area contributed by atoms with Crippen LogP contribution in [0, 0.1) is 11.8 Å². The number of allylic oxidation sites excluding steroid dienone is 1. The van der Waals surface area contributed by atoms with Crippen molar-refractivity contribution in [3.05, 3.63) is 39.9 Å². The minimum absolute atomic E-state index is 0.749. The normalized spacial score (nSPS) is 23.6. The zero-order valence-electron chi connectivity index (χ0n) is 13.7. The van der Waals surface area contributed by atoms with E-state index < -0.39 is 0 Å². The molecule has 3 heteroatoms. The molecule has 120 valence electrons. The molecule has 0 aromatic heterocycles. The highest BCUT2D eigenvalue weighted by molar-refractivity contribution is 9.12. The molecule has 22 heavy (non-hydrogen) atoms. The summed E-state index contributed by atoms with van der Waals surface area (Å²) in [5.41, 5.74) is 9.39. The van der Waals surface area contributed by atoms with E-state index in [1.165, 1.54) is 37.7 Å². The van der Waals surface area contributed by atoms with Gasteiger partial charge in [0.2, 0.25) is 0 Å². The summed E-state index contributed by atoms with van der Waals surface area (Å²) in [6.07, 6.45) is 9.82. The summed E-state index contributed by atoms with van der Waals surface area (Å²) in [5.74, 6) is 1.84. The topological polar surface area (TPSA) is 38.4 Å². The number of hydrogen-bond acceptors (Lipinski definition) is 2. The first kappa shape index (κ1) is 17.3. The highest BCUT2D eigenvalue weighted by atomic mass is 79.9. The van der Waals surface area contributed by atoms with Gasteiger partial charge in [-0.25, -0.2) is 0 Å². The van der Waals surface area contributed by atoms with Crippen LogP contribution in [0.5, 0.6) is 0 Å². The summed E-state index contributed by atoms with van der Waals surface area (Å²) < 4.78 is 0.841. The lowest BCUT2D eigenvalue weighted by atomic mass is 9.80. The molecular weight excluding hydrogens is 336 g/mol. The summed E-state index contributed by atoms with van der Waals surface area (Å²) in [6, 6.07) is 8.59. The van der Waals surface area contributed by atoms with E-state index in [4.69, 9.17) is 5.73 Å². The molecule has 0 amide bonds. The van der Waals surface area contributed by atoms with Crippen LogP contribution in [0.1, 0.15) is 50.2 Å². The third-order valence-electron chi connectivity index (χ3n) is 4.71. The van der Waals surface area contributed by atoms with E-state index in [9.17, 15) is 0 Å². The third kappa shape index (κ3) is 4.98. The Balaban J connectivity index is 1.98. The highest BCUT2D eigenvalue weighted by Crippen LogP contribution is 2.31. The molecule has 1 aromatic rings. The molecule has 0 heterocycles. The van der Waals surface area contributed by atoms with Crippen molar-refractivity contribution < 1.29 is 0 Å². The van der Waals surface area contributed by atoms with Gasteiger partial charge in [-0.15, -0.1) is 0 Å². The molecule has 2 N–H and O–H groups in total. The van der Waals surface area contributed by atoms with E-state index in [1.54, 1.807) is 13.3 Å². The molecule has 2 nitrogen and oxygen atoms in total. The number of hydrogen-bond donors (Lipinski definition) is 1. The number of aliphatic imine (C=N–C) groups is 1. The van der Waals surface area contributed by atoms with Crippen molar-refractivity contribution in [3.8, 4) is 0 Å². The lowest BCUT2D eigenvalue weighted by molar-refractivity contribution is 0.278. The molecule has 1 aliphatic carbocycles. The summed E-state index contributed by atoms with van der Waals surface area (Å²) in [4.78, 5) is 4.00. The first-order valence-electron chi connectivity index (χ1n) is 8.27. The zero-order valence-corrected chi connectivity index (χ0v) is 15.3. The Morgan fingerprint density at radius 3 is 2.73 bits per heavy atom. The molecular formula is C19H27BrN2. The Kier molecular flexibility index (Phi) is 6.69. The maximum absolute atomic E-state index is 6.19. The van der Waals surface area contributed by atoms with E-state index >= 15 is 0 Å². The second kappa shape index (κ2) is 8.52. The fourth-order valence-electron chi connectivity index (χ4n) is 3.20. The molecule has 0 spiro atoms. The van der Waals surface area contributed by atoms with Gasteiger partial charge in [0.05, 0.1) is 10.2 Å². The van der Waals surface area contributed by atoms with Crippen LogP contribution in [0.15, 0.2) is 33.7 Å². The average molecular weight is 363 g/mol. The van der Waals surface area contributed by atoms with Crippen molar-refractivity contribution in [3.63, 3.8) is 0 Å². The molecule has 0 saturated heterocycles. The standard InChI is InChI=1S/C19H27BrN2/c1-14-6-8-15(9-7-14)10-11-16-4-3-5-17(12-16)19(21)18(20)13-22-2/h3-5,12-15H,6-11,21H2,1-2H3. The number of nitrogens with two attached hydrogens (primary N) is 1. The Labute approximate surface area is 143 Å². The van der Waals surface area contributed by atoms with E-state index in [-0.39, 0.29) is 0 Å². The van der Waals surface area contributed by atoms with Crippen LogP contribution in [-0.4, -0.2) is 13.3 Å². The molecule has 0 aliphatic heterocycles. The van der Waals surface area contributed by atoms with Gasteiger partial charge in [-0.2, -0.15) is 0 Å². The van der Waals surface area contributed by atoms with Crippen molar-refractivity contribution >= 4 is 27.8 Å². The summed E-state index contributed by atoms with van der Waals surface area (Å²) in [6.45, 7) is 2.38. The summed E-state index contributed by atoms with van der Waals surface area (Å²) in [7, 11) is 1.75. The summed E-state index contributed by atoms with van der Waals surface area (Å²) >= 11 is 3.48. The van der Waals surface area contributed by atoms with Gasteiger partial charge in [-0.3, -0.25) is 4.99 Å². The Bertz CT molecular complexity index is 540. The lowest BCUT2D eigenvalue weighted by Crippen LogP contribution is -2.13. The van der Waals surface area contributed by atoms with Crippen LogP contribution in [0.2, 0.25) is 0 Å². The van der Waals surface area contributed by atoms with Crippen molar-refractivity contribution in [1.82, 2.24) is 0 Å². The Morgan fingerprint density at radius 2 is 2.05 bits per heavy atom. The molecule has 1 aromatic carbocycles. The van der Waals surface area contributed by atoms with Crippen molar-refractivity contribution in [2.45, 2.75) is 45.4 Å². The second-order valence-corrected chi connectivity index (χ2v) is 7.37. The number of aryl methyl sites for hydroxylation is 1. The lowest BCUT2D eigenvalue weighted by Gasteiger charge is -2.26. The van der Waals surface area contributed by atoms with Crippen LogP contribution >= 0.6 is 15.9 Å². The van der Waals surface area contributed by atoms with E-state index in [1.807, 2.05) is 0 Å². The fraction of sp³-hybridized carbons (Fsp3) is 0.526. The quantitative estimate of drug-likeness (QED) is 0.721. The van der Waals surface area contributed by atoms with Gasteiger partial charge >= 0.3 is 0 Å². The van der Waals surface area contributed by atoms with Gasteiger partial charge in [0.1, 0.15) is 0 Å². The molecule has 1 saturated carbocycles. The van der Waals surface area contributed by atoms with Crippen LogP contribution < -0.4 is 5.73 Å². The maximum atomic E-state index is 6.19. The van der Waals surface area contributed by atoms with Gasteiger partial charge < -0.3 is 5.73 Å². The highest BCUT2D eigenvalue weighted by Gasteiger charge is 2.17. The van der Waals surface area contributed by atoms with Gasteiger partial charge in [0.25, 0.3) is 0 Å². The largest absolute Gasteiger partial charge is 0.397 e. The van der Waals surface area contributed by atoms with Gasteiger partial charge in [-0.1, -0.05) is 50.8 Å². The van der Waals surface area contributed by atoms with Crippen molar-refractivity contribution in [2.75, 3.05) is 7.05 Å². The van der Waals surface area contributed by atoms with Crippen molar-refractivity contribution in [1.29, 1.82) is 0 Å². The SMILES string of the molecule is CN=CC(Br)=C(N)c1cccc(CCC2CCC(C)CC2)c1. The van der Waals surface area contributed by atoms with Crippen LogP contribution in [-0.2, 0) is 6.42 Å². The van der Waals surface area contributed by atoms with Gasteiger partial charge in [-0.05, 0) is 57.8 Å². The summed E-state index contributed by atoms with van der Waals surface area (Å²) in [5, 5.41) is 0. The van der Waals surface area contributed by atoms with Crippen LogP contribution in [0.3, 0.4) is 0 Å². The predicted molar refractivity (Wildman–Crippen MR) is 100 cm³/mol. The first-order valence-corrected chi connectivity index (χ1v) is 9.06. The van der Waals surface area contributed by atoms with Gasteiger partial charge in [0, 0.05) is 13.3 Å². The van der Waals surface area contributed by atoms with E-state index in [2.05, 4.69) is 52.1 Å². The second-order valence-electron chi connectivity index (χ2n) is 6.51. The zero-order chi connectivity index (χ0) is 15.9. The minimum atomic E-state index is 0.749. The van der Waals surface area contributed by atoms with E-state index in [0.717, 1.165) is 34.0 Å². The van der Waals surface area contributed by atoms with Crippen molar-refractivity contribution in [2.24, 2.45) is 22.6 Å². The Morgan fingerprint density at radius 1 is 1.32 bits per heavy atom. The number of benzene rings is 1. The molecule has 1 fully saturated rings. The smallest absolute Gasteiger partial charge is 0.0589 e. The maximum Gasteiger partial charge on any atom is 0.0589 e. The molecule has 0 radical (unpaired) electrons.